The van der Waals surface area contributed by atoms with Gasteiger partial charge in [0.1, 0.15) is 0 Å². The average Bonchev–Trinajstić information content (AvgIpc) is 2.58. The van der Waals surface area contributed by atoms with Gasteiger partial charge < -0.3 is 9.47 Å². The molecule has 0 bridgehead atoms. The van der Waals surface area contributed by atoms with Gasteiger partial charge in [-0.25, -0.2) is 0 Å². The molecule has 0 spiro atoms. The van der Waals surface area contributed by atoms with Crippen LogP contribution in [0.2, 0.25) is 0 Å². The maximum absolute atomic E-state index is 12.5. The fraction of sp³-hybridized carbons (Fsp3) is 0.167. The van der Waals surface area contributed by atoms with Crippen LogP contribution in [0.3, 0.4) is 0 Å². The van der Waals surface area contributed by atoms with Crippen LogP contribution in [0.5, 0.6) is 11.5 Å². The number of allylic oxidation sites excluding steroid dienone is 1. The summed E-state index contributed by atoms with van der Waals surface area (Å²) in [5.41, 5.74) is -0.00396. The van der Waals surface area contributed by atoms with E-state index >= 15 is 0 Å². The number of para-hydroxylation sites is 1. The first-order chi connectivity index (χ1) is 11.4. The molecule has 0 unspecified atom stereocenters. The van der Waals surface area contributed by atoms with Crippen molar-refractivity contribution < 1.29 is 27.4 Å². The summed E-state index contributed by atoms with van der Waals surface area (Å²) in [5, 5.41) is 0. The van der Waals surface area contributed by atoms with Crippen LogP contribution in [0.4, 0.5) is 13.2 Å². The summed E-state index contributed by atoms with van der Waals surface area (Å²) in [7, 11) is 2.98. The Labute approximate surface area is 137 Å². The van der Waals surface area contributed by atoms with Crippen molar-refractivity contribution in [1.29, 1.82) is 0 Å². The van der Waals surface area contributed by atoms with Gasteiger partial charge in [-0.1, -0.05) is 24.3 Å². The van der Waals surface area contributed by atoms with Crippen LogP contribution in [-0.4, -0.2) is 20.0 Å². The topological polar surface area (TPSA) is 35.5 Å². The molecule has 0 fully saturated rings. The molecule has 0 N–H and O–H groups in total. The molecule has 0 radical (unpaired) electrons. The first-order valence-electron chi connectivity index (χ1n) is 6.97. The Bertz CT molecular complexity index is 747. The summed E-state index contributed by atoms with van der Waals surface area (Å²) >= 11 is 0. The summed E-state index contributed by atoms with van der Waals surface area (Å²) in [6, 6.07) is 9.26. The summed E-state index contributed by atoms with van der Waals surface area (Å²) in [4.78, 5) is 12.1. The average molecular weight is 336 g/mol. The molecule has 2 aromatic carbocycles. The normalized spacial score (nSPS) is 11.5. The minimum Gasteiger partial charge on any atom is -0.493 e. The second-order valence-corrected chi connectivity index (χ2v) is 4.86. The lowest BCUT2D eigenvalue weighted by atomic mass is 10.1. The molecule has 0 atom stereocenters. The Hall–Kier alpha value is -2.76. The lowest BCUT2D eigenvalue weighted by Crippen LogP contribution is -2.05. The van der Waals surface area contributed by atoms with Gasteiger partial charge in [0, 0.05) is 11.1 Å². The number of hydrogen-bond acceptors (Lipinski definition) is 3. The number of benzene rings is 2. The number of alkyl halides is 3. The van der Waals surface area contributed by atoms with Crippen LogP contribution in [0.25, 0.3) is 6.08 Å². The maximum atomic E-state index is 12.5. The van der Waals surface area contributed by atoms with E-state index in [1.54, 1.807) is 18.2 Å². The zero-order valence-corrected chi connectivity index (χ0v) is 13.1. The van der Waals surface area contributed by atoms with Gasteiger partial charge in [0.2, 0.25) is 0 Å². The van der Waals surface area contributed by atoms with Gasteiger partial charge >= 0.3 is 6.18 Å². The second-order valence-electron chi connectivity index (χ2n) is 4.86. The zero-order chi connectivity index (χ0) is 17.7. The third kappa shape index (κ3) is 3.95. The van der Waals surface area contributed by atoms with Crippen molar-refractivity contribution in [2.45, 2.75) is 6.18 Å². The fourth-order valence-corrected chi connectivity index (χ4v) is 2.13. The molecular weight excluding hydrogens is 321 g/mol. The number of ether oxygens (including phenoxy) is 2. The molecule has 0 saturated carbocycles. The largest absolute Gasteiger partial charge is 0.493 e. The molecule has 0 heterocycles. The van der Waals surface area contributed by atoms with Crippen molar-refractivity contribution in [3.63, 3.8) is 0 Å². The minimum absolute atomic E-state index is 0.168. The van der Waals surface area contributed by atoms with E-state index in [9.17, 15) is 18.0 Å². The van der Waals surface area contributed by atoms with Gasteiger partial charge in [0.25, 0.3) is 0 Å². The predicted molar refractivity (Wildman–Crippen MR) is 84.4 cm³/mol. The maximum Gasteiger partial charge on any atom is 0.416 e. The predicted octanol–water partition coefficient (Wildman–Crippen LogP) is 4.62. The summed E-state index contributed by atoms with van der Waals surface area (Å²) < 4.78 is 48.0. The van der Waals surface area contributed by atoms with E-state index in [1.807, 2.05) is 0 Å². The lowest BCUT2D eigenvalue weighted by Gasteiger charge is -2.09. The van der Waals surface area contributed by atoms with E-state index in [-0.39, 0.29) is 5.56 Å². The van der Waals surface area contributed by atoms with Crippen LogP contribution in [0, 0.1) is 0 Å². The van der Waals surface area contributed by atoms with E-state index in [1.165, 1.54) is 26.4 Å². The number of carbonyl (C=O) groups is 1. The Morgan fingerprint density at radius 3 is 2.21 bits per heavy atom. The number of carbonyl (C=O) groups excluding carboxylic acids is 1. The molecular formula is C18H15F3O3. The highest BCUT2D eigenvalue weighted by molar-refractivity contribution is 6.07. The Balaban J connectivity index is 2.22. The number of rotatable bonds is 5. The fourth-order valence-electron chi connectivity index (χ4n) is 2.13. The van der Waals surface area contributed by atoms with E-state index in [0.29, 0.717) is 17.1 Å². The summed E-state index contributed by atoms with van der Waals surface area (Å²) in [6.45, 7) is 0. The molecule has 2 rings (SSSR count). The Kier molecular flexibility index (Phi) is 5.28. The van der Waals surface area contributed by atoms with E-state index in [2.05, 4.69) is 0 Å². The molecule has 0 aliphatic rings. The van der Waals surface area contributed by atoms with Gasteiger partial charge in [0.05, 0.1) is 19.8 Å². The van der Waals surface area contributed by atoms with Gasteiger partial charge in [-0.2, -0.15) is 13.2 Å². The molecule has 6 heteroatoms. The van der Waals surface area contributed by atoms with Crippen LogP contribution in [0.15, 0.2) is 48.5 Å². The van der Waals surface area contributed by atoms with Crippen molar-refractivity contribution in [2.24, 2.45) is 0 Å². The van der Waals surface area contributed by atoms with Gasteiger partial charge in [-0.05, 0) is 30.4 Å². The van der Waals surface area contributed by atoms with Crippen molar-refractivity contribution in [2.75, 3.05) is 14.2 Å². The van der Waals surface area contributed by atoms with Crippen LogP contribution in [0.1, 0.15) is 21.5 Å². The SMILES string of the molecule is COc1cccc(/C=C/C(=O)c2ccc(C(F)(F)F)cc2)c1OC. The van der Waals surface area contributed by atoms with Crippen LogP contribution >= 0.6 is 0 Å². The van der Waals surface area contributed by atoms with Crippen molar-refractivity contribution in [1.82, 2.24) is 0 Å². The highest BCUT2D eigenvalue weighted by Gasteiger charge is 2.30. The third-order valence-electron chi connectivity index (χ3n) is 3.34. The van der Waals surface area contributed by atoms with Gasteiger partial charge in [-0.3, -0.25) is 4.79 Å². The minimum atomic E-state index is -4.43. The molecule has 0 aliphatic carbocycles. The molecule has 2 aromatic rings. The zero-order valence-electron chi connectivity index (χ0n) is 13.1. The van der Waals surface area contributed by atoms with Crippen molar-refractivity contribution in [3.8, 4) is 11.5 Å². The number of methoxy groups -OCH3 is 2. The van der Waals surface area contributed by atoms with Crippen molar-refractivity contribution >= 4 is 11.9 Å². The quantitative estimate of drug-likeness (QED) is 0.590. The van der Waals surface area contributed by atoms with Crippen LogP contribution in [-0.2, 0) is 6.18 Å². The van der Waals surface area contributed by atoms with Crippen LogP contribution < -0.4 is 9.47 Å². The molecule has 0 amide bonds. The van der Waals surface area contributed by atoms with E-state index < -0.39 is 17.5 Å². The third-order valence-corrected chi connectivity index (χ3v) is 3.34. The number of ketones is 1. The molecule has 0 aliphatic heterocycles. The van der Waals surface area contributed by atoms with E-state index in [4.69, 9.17) is 9.47 Å². The Morgan fingerprint density at radius 2 is 1.67 bits per heavy atom. The Morgan fingerprint density at radius 1 is 1.00 bits per heavy atom. The molecule has 3 nitrogen and oxygen atoms in total. The monoisotopic (exact) mass is 336 g/mol. The molecule has 0 aromatic heterocycles. The summed E-state index contributed by atoms with van der Waals surface area (Å²) in [5.74, 6) is 0.576. The molecule has 126 valence electrons. The molecule has 0 saturated heterocycles. The standard InChI is InChI=1S/C18H15F3O3/c1-23-16-5-3-4-13(17(16)24-2)8-11-15(22)12-6-9-14(10-7-12)18(19,20)21/h3-11H,1-2H3/b11-8+. The van der Waals surface area contributed by atoms with Gasteiger partial charge in [0.15, 0.2) is 17.3 Å². The molecule has 24 heavy (non-hydrogen) atoms. The second kappa shape index (κ2) is 7.21. The van der Waals surface area contributed by atoms with Gasteiger partial charge in [-0.15, -0.1) is 0 Å². The smallest absolute Gasteiger partial charge is 0.416 e. The van der Waals surface area contributed by atoms with Crippen molar-refractivity contribution in [3.05, 3.63) is 65.2 Å². The highest BCUT2D eigenvalue weighted by atomic mass is 19.4. The first kappa shape index (κ1) is 17.6. The first-order valence-corrected chi connectivity index (χ1v) is 6.97. The lowest BCUT2D eigenvalue weighted by molar-refractivity contribution is -0.137. The number of hydrogen-bond donors (Lipinski definition) is 0. The highest BCUT2D eigenvalue weighted by Crippen LogP contribution is 2.32. The summed E-state index contributed by atoms with van der Waals surface area (Å²) in [6.07, 6.45) is -1.62. The number of halogens is 3. The van der Waals surface area contributed by atoms with E-state index in [0.717, 1.165) is 24.3 Å².